The summed E-state index contributed by atoms with van der Waals surface area (Å²) in [7, 11) is 0. The molecule has 1 aromatic heterocycles. The lowest BCUT2D eigenvalue weighted by atomic mass is 10.0. The van der Waals surface area contributed by atoms with Crippen molar-refractivity contribution in [3.8, 4) is 0 Å². The van der Waals surface area contributed by atoms with Gasteiger partial charge in [-0.05, 0) is 19.3 Å². The number of carbonyl (C=O) groups excluding carboxylic acids is 1. The number of aryl methyl sites for hydroxylation is 1. The molecule has 0 radical (unpaired) electrons. The summed E-state index contributed by atoms with van der Waals surface area (Å²) in [5, 5.41) is 0.795. The van der Waals surface area contributed by atoms with Crippen LogP contribution in [0.2, 0.25) is 0 Å². The molecule has 0 spiro atoms. The second kappa shape index (κ2) is 5.77. The van der Waals surface area contributed by atoms with Crippen LogP contribution in [0.1, 0.15) is 36.8 Å². The molecule has 2 rings (SSSR count). The fourth-order valence-corrected chi connectivity index (χ4v) is 3.15. The number of aromatic nitrogens is 1. The highest BCUT2D eigenvalue weighted by Crippen LogP contribution is 2.26. The van der Waals surface area contributed by atoms with E-state index in [1.54, 1.807) is 11.3 Å². The Morgan fingerprint density at radius 1 is 1.44 bits per heavy atom. The summed E-state index contributed by atoms with van der Waals surface area (Å²) in [6.45, 7) is 2.37. The first kappa shape index (κ1) is 13.6. The lowest BCUT2D eigenvalue weighted by Crippen LogP contribution is -3.00. The lowest BCUT2D eigenvalue weighted by Gasteiger charge is -2.09. The molecule has 0 unspecified atom stereocenters. The molecule has 1 aliphatic rings. The van der Waals surface area contributed by atoms with E-state index < -0.39 is 0 Å². The van der Waals surface area contributed by atoms with Gasteiger partial charge in [0.15, 0.2) is 5.78 Å². The Balaban J connectivity index is 0.00000128. The first-order valence-electron chi connectivity index (χ1n) is 5.54. The van der Waals surface area contributed by atoms with Crippen molar-refractivity contribution >= 4 is 22.3 Å². The Morgan fingerprint density at radius 2 is 2.12 bits per heavy atom. The maximum absolute atomic E-state index is 11.4. The minimum absolute atomic E-state index is 0. The van der Waals surface area contributed by atoms with Gasteiger partial charge < -0.3 is 17.0 Å². The number of nitrogens with zero attached hydrogens (tertiary/aromatic N) is 1. The average Bonchev–Trinajstić information content (AvgIpc) is 2.55. The molecule has 0 atom stereocenters. The summed E-state index contributed by atoms with van der Waals surface area (Å²) in [5.41, 5.74) is 7.26. The Bertz CT molecular complexity index is 390. The normalized spacial score (nSPS) is 14.1. The number of thiazole rings is 1. The van der Waals surface area contributed by atoms with E-state index in [0.717, 1.165) is 18.0 Å². The first-order valence-corrected chi connectivity index (χ1v) is 6.35. The molecular weight excluding hydrogens is 288 g/mol. The molecule has 0 saturated heterocycles. The van der Waals surface area contributed by atoms with Crippen molar-refractivity contribution in [2.75, 3.05) is 5.73 Å². The van der Waals surface area contributed by atoms with Crippen LogP contribution in [-0.2, 0) is 24.2 Å². The van der Waals surface area contributed by atoms with Crippen molar-refractivity contribution < 1.29 is 26.3 Å². The monoisotopic (exact) mass is 304 g/mol. The van der Waals surface area contributed by atoms with Gasteiger partial charge in [-0.15, -0.1) is 0 Å². The van der Waals surface area contributed by atoms with Crippen LogP contribution in [0.25, 0.3) is 0 Å². The van der Waals surface area contributed by atoms with Crippen LogP contribution >= 0.6 is 11.3 Å². The van der Waals surface area contributed by atoms with Gasteiger partial charge in [-0.3, -0.25) is 10.5 Å². The highest BCUT2D eigenvalue weighted by atomic mass is 79.9. The number of rotatable bonds is 3. The van der Waals surface area contributed by atoms with Crippen LogP contribution in [0.15, 0.2) is 0 Å². The van der Waals surface area contributed by atoms with E-state index in [1.165, 1.54) is 23.4 Å². The third kappa shape index (κ3) is 2.63. The third-order valence-corrected chi connectivity index (χ3v) is 4.05. The average molecular weight is 305 g/mol. The SMILES string of the molecule is CCC(=O)C[n+]1c(N)sc2c1CCCC2.[Br-]. The predicted octanol–water partition coefficient (Wildman–Crippen LogP) is -1.52. The summed E-state index contributed by atoms with van der Waals surface area (Å²) in [6.07, 6.45) is 5.30. The number of carbonyl (C=O) groups is 1. The number of ketones is 1. The van der Waals surface area contributed by atoms with Crippen LogP contribution < -0.4 is 27.3 Å². The molecule has 0 amide bonds. The number of fused-ring (bicyclic) bond motifs is 1. The van der Waals surface area contributed by atoms with Crippen molar-refractivity contribution in [3.05, 3.63) is 10.6 Å². The van der Waals surface area contributed by atoms with Crippen molar-refractivity contribution in [2.24, 2.45) is 0 Å². The largest absolute Gasteiger partial charge is 1.00 e. The van der Waals surface area contributed by atoms with Gasteiger partial charge in [0, 0.05) is 12.8 Å². The van der Waals surface area contributed by atoms with E-state index in [1.807, 2.05) is 11.5 Å². The molecule has 1 aliphatic carbocycles. The highest BCUT2D eigenvalue weighted by Gasteiger charge is 2.24. The maximum atomic E-state index is 11.4. The molecule has 5 heteroatoms. The van der Waals surface area contributed by atoms with Crippen LogP contribution in [0, 0.1) is 0 Å². The molecular formula is C11H17BrN2OS. The summed E-state index contributed by atoms with van der Waals surface area (Å²) in [4.78, 5) is 12.8. The van der Waals surface area contributed by atoms with E-state index in [-0.39, 0.29) is 22.8 Å². The lowest BCUT2D eigenvalue weighted by molar-refractivity contribution is -0.673. The van der Waals surface area contributed by atoms with Crippen molar-refractivity contribution in [3.63, 3.8) is 0 Å². The van der Waals surface area contributed by atoms with Crippen molar-refractivity contribution in [2.45, 2.75) is 45.6 Å². The molecule has 16 heavy (non-hydrogen) atoms. The Hall–Kier alpha value is -0.420. The van der Waals surface area contributed by atoms with Gasteiger partial charge in [0.2, 0.25) is 0 Å². The Labute approximate surface area is 110 Å². The number of Topliss-reactive ketones (excluding diaryl/α,β-unsaturated/α-hetero) is 1. The van der Waals surface area contributed by atoms with Crippen LogP contribution in [0.4, 0.5) is 5.13 Å². The number of nitrogen functional groups attached to an aromatic ring is 1. The van der Waals surface area contributed by atoms with E-state index >= 15 is 0 Å². The fraction of sp³-hybridized carbons (Fsp3) is 0.636. The van der Waals surface area contributed by atoms with Crippen LogP contribution in [0.5, 0.6) is 0 Å². The molecule has 90 valence electrons. The number of anilines is 1. The molecule has 0 bridgehead atoms. The number of hydrogen-bond acceptors (Lipinski definition) is 3. The smallest absolute Gasteiger partial charge is 0.332 e. The molecule has 1 aromatic rings. The summed E-state index contributed by atoms with van der Waals surface area (Å²) in [6, 6.07) is 0. The predicted molar refractivity (Wildman–Crippen MR) is 60.9 cm³/mol. The number of halogens is 1. The zero-order valence-electron chi connectivity index (χ0n) is 9.46. The Morgan fingerprint density at radius 3 is 2.81 bits per heavy atom. The van der Waals surface area contributed by atoms with E-state index in [4.69, 9.17) is 5.73 Å². The second-order valence-electron chi connectivity index (χ2n) is 4.00. The second-order valence-corrected chi connectivity index (χ2v) is 5.11. The highest BCUT2D eigenvalue weighted by molar-refractivity contribution is 7.15. The first-order chi connectivity index (χ1) is 7.22. The van der Waals surface area contributed by atoms with Gasteiger partial charge in [-0.1, -0.05) is 18.3 Å². The molecule has 2 N–H and O–H groups in total. The van der Waals surface area contributed by atoms with Gasteiger partial charge in [-0.2, -0.15) is 0 Å². The molecule has 0 fully saturated rings. The van der Waals surface area contributed by atoms with Gasteiger partial charge in [0.25, 0.3) is 0 Å². The van der Waals surface area contributed by atoms with Gasteiger partial charge in [-0.25, -0.2) is 4.57 Å². The van der Waals surface area contributed by atoms with Gasteiger partial charge in [0.1, 0.15) is 12.2 Å². The topological polar surface area (TPSA) is 47.0 Å². The zero-order valence-corrected chi connectivity index (χ0v) is 11.9. The number of hydrogen-bond donors (Lipinski definition) is 1. The molecule has 0 aromatic carbocycles. The molecule has 1 heterocycles. The van der Waals surface area contributed by atoms with Gasteiger partial charge in [0.05, 0.1) is 4.88 Å². The minimum atomic E-state index is 0. The maximum Gasteiger partial charge on any atom is 0.332 e. The van der Waals surface area contributed by atoms with E-state index in [2.05, 4.69) is 0 Å². The summed E-state index contributed by atoms with van der Waals surface area (Å²) >= 11 is 1.66. The quantitative estimate of drug-likeness (QED) is 0.690. The molecule has 3 nitrogen and oxygen atoms in total. The number of nitrogens with two attached hydrogens (primary N) is 1. The molecule has 0 aliphatic heterocycles. The van der Waals surface area contributed by atoms with Crippen LogP contribution in [0.3, 0.4) is 0 Å². The van der Waals surface area contributed by atoms with Gasteiger partial charge >= 0.3 is 5.13 Å². The summed E-state index contributed by atoms with van der Waals surface area (Å²) < 4.78 is 2.02. The Kier molecular flexibility index (Phi) is 4.92. The van der Waals surface area contributed by atoms with Crippen molar-refractivity contribution in [1.82, 2.24) is 0 Å². The van der Waals surface area contributed by atoms with E-state index in [0.29, 0.717) is 13.0 Å². The third-order valence-electron chi connectivity index (χ3n) is 2.94. The fourth-order valence-electron chi connectivity index (χ4n) is 2.03. The van der Waals surface area contributed by atoms with Crippen LogP contribution in [-0.4, -0.2) is 5.78 Å². The zero-order chi connectivity index (χ0) is 10.8. The minimum Gasteiger partial charge on any atom is -1.00 e. The molecule has 0 saturated carbocycles. The van der Waals surface area contributed by atoms with E-state index in [9.17, 15) is 4.79 Å². The standard InChI is InChI=1S/C11H16N2OS.BrH/c1-2-8(14)7-13-9-5-3-4-6-10(9)15-11(13)12;/h12H,2-7H2,1H3;1H. The summed E-state index contributed by atoms with van der Waals surface area (Å²) in [5.74, 6) is 0.262. The van der Waals surface area contributed by atoms with Crippen molar-refractivity contribution in [1.29, 1.82) is 0 Å².